The van der Waals surface area contributed by atoms with Crippen molar-refractivity contribution in [3.05, 3.63) is 45.9 Å². The van der Waals surface area contributed by atoms with Gasteiger partial charge in [0.05, 0.1) is 23.4 Å². The van der Waals surface area contributed by atoms with Crippen molar-refractivity contribution >= 4 is 28.9 Å². The van der Waals surface area contributed by atoms with Gasteiger partial charge in [-0.1, -0.05) is 12.1 Å². The largest absolute Gasteiger partial charge is 0.465 e. The number of carbonyl (C=O) groups is 2. The summed E-state index contributed by atoms with van der Waals surface area (Å²) in [4.78, 5) is 28.0. The molecule has 3 N–H and O–H groups in total. The molecule has 0 fully saturated rings. The number of hydrogen-bond donors (Lipinski definition) is 2. The Labute approximate surface area is 125 Å². The summed E-state index contributed by atoms with van der Waals surface area (Å²) >= 11 is 1.38. The van der Waals surface area contributed by atoms with Crippen molar-refractivity contribution in [2.75, 3.05) is 19.0 Å². The number of methoxy groups -OCH3 is 1. The first kappa shape index (κ1) is 15.1. The van der Waals surface area contributed by atoms with Crippen LogP contribution in [0, 0.1) is 0 Å². The summed E-state index contributed by atoms with van der Waals surface area (Å²) < 4.78 is 4.68. The topological polar surface area (TPSA) is 94.3 Å². The lowest BCUT2D eigenvalue weighted by Crippen LogP contribution is -2.16. The quantitative estimate of drug-likeness (QED) is 0.820. The number of ether oxygens (including phenoxy) is 1. The highest BCUT2D eigenvalue weighted by atomic mass is 32.1. The minimum absolute atomic E-state index is 0.297. The van der Waals surface area contributed by atoms with Crippen LogP contribution >= 0.6 is 11.3 Å². The predicted octanol–water partition coefficient (Wildman–Crippen LogP) is 1.68. The minimum atomic E-state index is -0.506. The van der Waals surface area contributed by atoms with Crippen LogP contribution in [0.3, 0.4) is 0 Å². The number of thiazole rings is 1. The number of para-hydroxylation sites is 1. The van der Waals surface area contributed by atoms with Gasteiger partial charge in [0.2, 0.25) is 0 Å². The van der Waals surface area contributed by atoms with Crippen LogP contribution in [0.15, 0.2) is 29.6 Å². The van der Waals surface area contributed by atoms with Crippen LogP contribution < -0.4 is 11.1 Å². The first-order valence-electron chi connectivity index (χ1n) is 6.29. The molecular formula is C14H15N3O3S. The van der Waals surface area contributed by atoms with Gasteiger partial charge in [0.15, 0.2) is 0 Å². The Morgan fingerprint density at radius 3 is 2.86 bits per heavy atom. The molecule has 0 aliphatic carbocycles. The van der Waals surface area contributed by atoms with Crippen LogP contribution in [0.25, 0.3) is 0 Å². The maximum absolute atomic E-state index is 12.1. The lowest BCUT2D eigenvalue weighted by atomic mass is 10.2. The fourth-order valence-electron chi connectivity index (χ4n) is 1.72. The van der Waals surface area contributed by atoms with Gasteiger partial charge < -0.3 is 15.8 Å². The number of aromatic nitrogens is 1. The van der Waals surface area contributed by atoms with E-state index in [4.69, 9.17) is 5.73 Å². The smallest absolute Gasteiger partial charge is 0.339 e. The molecule has 1 heterocycles. The van der Waals surface area contributed by atoms with Crippen LogP contribution in [0.5, 0.6) is 0 Å². The summed E-state index contributed by atoms with van der Waals surface area (Å²) in [6.45, 7) is 0.486. The second kappa shape index (κ2) is 6.96. The number of nitrogens with two attached hydrogens (primary N) is 1. The summed E-state index contributed by atoms with van der Waals surface area (Å²) in [6, 6.07) is 6.65. The third kappa shape index (κ3) is 3.65. The molecule has 0 radical (unpaired) electrons. The maximum Gasteiger partial charge on any atom is 0.339 e. The molecule has 0 unspecified atom stereocenters. The van der Waals surface area contributed by atoms with Crippen molar-refractivity contribution < 1.29 is 14.3 Å². The molecule has 0 saturated heterocycles. The van der Waals surface area contributed by atoms with Crippen molar-refractivity contribution in [2.24, 2.45) is 5.73 Å². The van der Waals surface area contributed by atoms with E-state index in [0.717, 1.165) is 5.01 Å². The molecule has 2 aromatic rings. The Morgan fingerprint density at radius 2 is 2.14 bits per heavy atom. The lowest BCUT2D eigenvalue weighted by Gasteiger charge is -2.08. The predicted molar refractivity (Wildman–Crippen MR) is 80.6 cm³/mol. The van der Waals surface area contributed by atoms with Gasteiger partial charge in [0.1, 0.15) is 5.69 Å². The number of hydrogen-bond acceptors (Lipinski definition) is 6. The summed E-state index contributed by atoms with van der Waals surface area (Å²) in [5, 5.41) is 5.15. The van der Waals surface area contributed by atoms with Crippen LogP contribution in [-0.4, -0.2) is 30.5 Å². The Hall–Kier alpha value is -2.25. The van der Waals surface area contributed by atoms with E-state index in [1.165, 1.54) is 18.4 Å². The van der Waals surface area contributed by atoms with Crippen LogP contribution in [-0.2, 0) is 11.2 Å². The number of carbonyl (C=O) groups excluding carboxylic acids is 2. The van der Waals surface area contributed by atoms with Gasteiger partial charge in [-0.2, -0.15) is 0 Å². The fraction of sp³-hybridized carbons (Fsp3) is 0.214. The zero-order valence-corrected chi connectivity index (χ0v) is 12.3. The molecular weight excluding hydrogens is 290 g/mol. The molecule has 0 spiro atoms. The summed E-state index contributed by atoms with van der Waals surface area (Å²) in [5.41, 5.74) is 6.45. The fourth-order valence-corrected chi connectivity index (χ4v) is 2.51. The molecule has 1 aromatic heterocycles. The standard InChI is InChI=1S/C14H15N3O3S/c1-20-14(19)9-4-2-3-5-10(9)17-13(18)11-8-21-12(16-11)6-7-15/h2-5,8H,6-7,15H2,1H3,(H,17,18). The van der Waals surface area contributed by atoms with E-state index in [1.807, 2.05) is 0 Å². The van der Waals surface area contributed by atoms with Gasteiger partial charge in [-0.25, -0.2) is 9.78 Å². The van der Waals surface area contributed by atoms with E-state index >= 15 is 0 Å². The van der Waals surface area contributed by atoms with Crippen LogP contribution in [0.1, 0.15) is 25.9 Å². The molecule has 0 aliphatic rings. The summed E-state index contributed by atoms with van der Waals surface area (Å²) in [5.74, 6) is -0.876. The Morgan fingerprint density at radius 1 is 1.38 bits per heavy atom. The normalized spacial score (nSPS) is 10.2. The molecule has 0 saturated carbocycles. The van der Waals surface area contributed by atoms with E-state index in [0.29, 0.717) is 29.9 Å². The molecule has 1 aromatic carbocycles. The van der Waals surface area contributed by atoms with Crippen molar-refractivity contribution in [1.29, 1.82) is 0 Å². The van der Waals surface area contributed by atoms with E-state index in [-0.39, 0.29) is 5.91 Å². The molecule has 0 atom stereocenters. The van der Waals surface area contributed by atoms with Gasteiger partial charge in [-0.3, -0.25) is 4.79 Å². The Balaban J connectivity index is 2.17. The van der Waals surface area contributed by atoms with Crippen LogP contribution in [0.4, 0.5) is 5.69 Å². The van der Waals surface area contributed by atoms with Gasteiger partial charge in [0.25, 0.3) is 5.91 Å². The Bertz CT molecular complexity index is 654. The van der Waals surface area contributed by atoms with E-state index < -0.39 is 5.97 Å². The first-order valence-corrected chi connectivity index (χ1v) is 7.17. The highest BCUT2D eigenvalue weighted by Crippen LogP contribution is 2.18. The van der Waals surface area contributed by atoms with Gasteiger partial charge in [-0.15, -0.1) is 11.3 Å². The molecule has 1 amide bonds. The zero-order chi connectivity index (χ0) is 15.2. The SMILES string of the molecule is COC(=O)c1ccccc1NC(=O)c1csc(CCN)n1. The molecule has 2 rings (SSSR count). The second-order valence-corrected chi connectivity index (χ2v) is 5.10. The molecule has 0 aliphatic heterocycles. The second-order valence-electron chi connectivity index (χ2n) is 4.16. The average molecular weight is 305 g/mol. The maximum atomic E-state index is 12.1. The summed E-state index contributed by atoms with van der Waals surface area (Å²) in [6.07, 6.45) is 0.636. The van der Waals surface area contributed by atoms with Crippen molar-refractivity contribution in [1.82, 2.24) is 4.98 Å². The van der Waals surface area contributed by atoms with E-state index in [9.17, 15) is 9.59 Å². The van der Waals surface area contributed by atoms with Crippen LogP contribution in [0.2, 0.25) is 0 Å². The highest BCUT2D eigenvalue weighted by Gasteiger charge is 2.16. The minimum Gasteiger partial charge on any atom is -0.465 e. The van der Waals surface area contributed by atoms with Crippen molar-refractivity contribution in [3.8, 4) is 0 Å². The van der Waals surface area contributed by atoms with Crippen molar-refractivity contribution in [2.45, 2.75) is 6.42 Å². The van der Waals surface area contributed by atoms with E-state index in [1.54, 1.807) is 29.6 Å². The first-order chi connectivity index (χ1) is 10.2. The molecule has 6 nitrogen and oxygen atoms in total. The van der Waals surface area contributed by atoms with Gasteiger partial charge in [0, 0.05) is 11.8 Å². The summed E-state index contributed by atoms with van der Waals surface area (Å²) in [7, 11) is 1.29. The lowest BCUT2D eigenvalue weighted by molar-refractivity contribution is 0.0602. The van der Waals surface area contributed by atoms with E-state index in [2.05, 4.69) is 15.0 Å². The van der Waals surface area contributed by atoms with Crippen molar-refractivity contribution in [3.63, 3.8) is 0 Å². The number of anilines is 1. The highest BCUT2D eigenvalue weighted by molar-refractivity contribution is 7.09. The van der Waals surface area contributed by atoms with Gasteiger partial charge in [-0.05, 0) is 18.7 Å². The third-order valence-corrected chi connectivity index (χ3v) is 3.63. The molecule has 7 heteroatoms. The number of esters is 1. The zero-order valence-electron chi connectivity index (χ0n) is 11.5. The molecule has 110 valence electrons. The number of benzene rings is 1. The number of amides is 1. The Kier molecular flexibility index (Phi) is 5.02. The number of rotatable bonds is 5. The average Bonchev–Trinajstić information content (AvgIpc) is 2.96. The number of nitrogens with zero attached hydrogens (tertiary/aromatic N) is 1. The number of nitrogens with one attached hydrogen (secondary N) is 1. The monoisotopic (exact) mass is 305 g/mol. The third-order valence-electron chi connectivity index (χ3n) is 2.72. The molecule has 0 bridgehead atoms. The van der Waals surface area contributed by atoms with Gasteiger partial charge >= 0.3 is 5.97 Å². The molecule has 21 heavy (non-hydrogen) atoms.